The van der Waals surface area contributed by atoms with Crippen molar-refractivity contribution in [3.63, 3.8) is 0 Å². The molecule has 24 heavy (non-hydrogen) atoms. The minimum atomic E-state index is -0.608. The van der Waals surface area contributed by atoms with Crippen LogP contribution in [-0.2, 0) is 4.74 Å². The topological polar surface area (TPSA) is 123 Å². The Labute approximate surface area is 143 Å². The number of non-ortho nitro benzene ring substituents is 1. The number of nitrogens with one attached hydrogen (secondary N) is 3. The Morgan fingerprint density at radius 1 is 1.25 bits per heavy atom. The summed E-state index contributed by atoms with van der Waals surface area (Å²) in [6.07, 6.45) is -0.591. The molecule has 0 heterocycles. The van der Waals surface area contributed by atoms with E-state index in [-0.39, 0.29) is 29.5 Å². The molecule has 10 heteroatoms. The predicted molar refractivity (Wildman–Crippen MR) is 89.4 cm³/mol. The number of nitro benzene ring substituents is 1. The first kappa shape index (κ1) is 19.5. The van der Waals surface area contributed by atoms with Gasteiger partial charge in [-0.05, 0) is 26.8 Å². The number of carbonyl (C=O) groups excluding carboxylic acids is 2. The van der Waals surface area contributed by atoms with Gasteiger partial charge in [-0.2, -0.15) is 0 Å². The lowest BCUT2D eigenvalue weighted by Crippen LogP contribution is -2.39. The number of hydrogen-bond donors (Lipinski definition) is 3. The van der Waals surface area contributed by atoms with Gasteiger partial charge in [0.15, 0.2) is 0 Å². The summed E-state index contributed by atoms with van der Waals surface area (Å²) in [5.41, 5.74) is -0.682. The molecular weight excluding hydrogens is 340 g/mol. The molecular formula is C14H19ClN4O5. The van der Waals surface area contributed by atoms with Gasteiger partial charge in [-0.15, -0.1) is 0 Å². The van der Waals surface area contributed by atoms with Crippen molar-refractivity contribution in [2.45, 2.75) is 26.4 Å². The molecule has 3 N–H and O–H groups in total. The van der Waals surface area contributed by atoms with E-state index in [1.807, 2.05) is 0 Å². The molecule has 9 nitrogen and oxygen atoms in total. The number of anilines is 1. The van der Waals surface area contributed by atoms with Crippen LogP contribution in [0.15, 0.2) is 18.2 Å². The summed E-state index contributed by atoms with van der Waals surface area (Å²) >= 11 is 5.87. The molecule has 0 atom stereocenters. The molecule has 132 valence electrons. The monoisotopic (exact) mass is 358 g/mol. The highest BCUT2D eigenvalue weighted by molar-refractivity contribution is 6.33. The number of nitro groups is 1. The summed E-state index contributed by atoms with van der Waals surface area (Å²) in [7, 11) is 0. The summed E-state index contributed by atoms with van der Waals surface area (Å²) in [5, 5.41) is 18.2. The van der Waals surface area contributed by atoms with Gasteiger partial charge in [-0.1, -0.05) is 11.6 Å². The second kappa shape index (κ2) is 8.34. The van der Waals surface area contributed by atoms with Gasteiger partial charge >= 0.3 is 12.1 Å². The molecule has 0 radical (unpaired) electrons. The lowest BCUT2D eigenvalue weighted by molar-refractivity contribution is -0.384. The van der Waals surface area contributed by atoms with Gasteiger partial charge in [-0.3, -0.25) is 10.1 Å². The molecule has 0 unspecified atom stereocenters. The van der Waals surface area contributed by atoms with Crippen molar-refractivity contribution in [3.8, 4) is 0 Å². The summed E-state index contributed by atoms with van der Waals surface area (Å²) in [4.78, 5) is 33.2. The maximum Gasteiger partial charge on any atom is 0.407 e. The van der Waals surface area contributed by atoms with Crippen LogP contribution in [0.1, 0.15) is 20.8 Å². The number of hydrogen-bond acceptors (Lipinski definition) is 5. The van der Waals surface area contributed by atoms with Gasteiger partial charge in [0.2, 0.25) is 0 Å². The minimum Gasteiger partial charge on any atom is -0.444 e. The van der Waals surface area contributed by atoms with Crippen LogP contribution in [-0.4, -0.2) is 35.7 Å². The fraction of sp³-hybridized carbons (Fsp3) is 0.429. The molecule has 0 fully saturated rings. The van der Waals surface area contributed by atoms with Crippen molar-refractivity contribution in [1.82, 2.24) is 10.6 Å². The van der Waals surface area contributed by atoms with E-state index in [2.05, 4.69) is 16.0 Å². The normalized spacial score (nSPS) is 10.7. The molecule has 0 aromatic heterocycles. The Hall–Kier alpha value is -2.55. The smallest absolute Gasteiger partial charge is 0.407 e. The van der Waals surface area contributed by atoms with Gasteiger partial charge in [0.25, 0.3) is 5.69 Å². The number of amides is 3. The molecule has 0 aliphatic rings. The van der Waals surface area contributed by atoms with Crippen molar-refractivity contribution in [2.24, 2.45) is 0 Å². The minimum absolute atomic E-state index is 0.114. The number of nitrogens with zero attached hydrogens (tertiary/aromatic N) is 1. The number of rotatable bonds is 5. The van der Waals surface area contributed by atoms with Crippen molar-refractivity contribution < 1.29 is 19.2 Å². The predicted octanol–water partition coefficient (Wildman–Crippen LogP) is 2.89. The first-order chi connectivity index (χ1) is 11.1. The van der Waals surface area contributed by atoms with Crippen molar-refractivity contribution >= 4 is 35.1 Å². The van der Waals surface area contributed by atoms with Crippen LogP contribution >= 0.6 is 11.6 Å². The molecule has 0 aliphatic carbocycles. The lowest BCUT2D eigenvalue weighted by Gasteiger charge is -2.19. The maximum atomic E-state index is 11.7. The number of halogens is 1. The molecule has 3 amide bonds. The highest BCUT2D eigenvalue weighted by atomic mass is 35.5. The zero-order chi connectivity index (χ0) is 18.3. The van der Waals surface area contributed by atoms with E-state index in [0.29, 0.717) is 0 Å². The summed E-state index contributed by atoms with van der Waals surface area (Å²) in [6, 6.07) is 3.10. The van der Waals surface area contributed by atoms with Gasteiger partial charge in [0, 0.05) is 25.2 Å². The number of carbonyl (C=O) groups is 2. The zero-order valence-electron chi connectivity index (χ0n) is 13.5. The SMILES string of the molecule is CC(C)(C)OC(=O)NCCNC(=O)Nc1cc([N+](=O)[O-])ccc1Cl. The van der Waals surface area contributed by atoms with Gasteiger partial charge in [0.05, 0.1) is 15.6 Å². The number of ether oxygens (including phenoxy) is 1. The van der Waals surface area contributed by atoms with E-state index in [0.717, 1.165) is 6.07 Å². The maximum absolute atomic E-state index is 11.7. The zero-order valence-corrected chi connectivity index (χ0v) is 14.3. The second-order valence-corrected chi connectivity index (χ2v) is 6.14. The van der Waals surface area contributed by atoms with Crippen LogP contribution in [0.3, 0.4) is 0 Å². The van der Waals surface area contributed by atoms with E-state index >= 15 is 0 Å². The summed E-state index contributed by atoms with van der Waals surface area (Å²) < 4.78 is 5.03. The van der Waals surface area contributed by atoms with Crippen LogP contribution < -0.4 is 16.0 Å². The second-order valence-electron chi connectivity index (χ2n) is 5.73. The molecule has 0 spiro atoms. The third-order valence-corrected chi connectivity index (χ3v) is 2.82. The van der Waals surface area contributed by atoms with Crippen LogP contribution in [0.25, 0.3) is 0 Å². The fourth-order valence-corrected chi connectivity index (χ4v) is 1.71. The largest absolute Gasteiger partial charge is 0.444 e. The third-order valence-electron chi connectivity index (χ3n) is 2.49. The van der Waals surface area contributed by atoms with Gasteiger partial charge in [-0.25, -0.2) is 9.59 Å². The first-order valence-corrected chi connectivity index (χ1v) is 7.42. The van der Waals surface area contributed by atoms with Crippen LogP contribution in [0.2, 0.25) is 5.02 Å². The van der Waals surface area contributed by atoms with Crippen molar-refractivity contribution in [1.29, 1.82) is 0 Å². The Bertz CT molecular complexity index is 630. The standard InChI is InChI=1S/C14H19ClN4O5/c1-14(2,3)24-13(21)17-7-6-16-12(20)18-11-8-9(19(22)23)4-5-10(11)15/h4-5,8H,6-7H2,1-3H3,(H,17,21)(H2,16,18,20). The van der Waals surface area contributed by atoms with E-state index in [1.54, 1.807) is 20.8 Å². The average Bonchev–Trinajstić information content (AvgIpc) is 2.44. The first-order valence-electron chi connectivity index (χ1n) is 7.04. The Kier molecular flexibility index (Phi) is 6.78. The van der Waals surface area contributed by atoms with Gasteiger partial charge < -0.3 is 20.7 Å². The molecule has 0 aliphatic heterocycles. The Morgan fingerprint density at radius 2 is 1.88 bits per heavy atom. The Balaban J connectivity index is 2.41. The molecule has 1 rings (SSSR count). The van der Waals surface area contributed by atoms with E-state index in [1.165, 1.54) is 12.1 Å². The summed E-state index contributed by atoms with van der Waals surface area (Å²) in [5.74, 6) is 0. The van der Waals surface area contributed by atoms with Crippen LogP contribution in [0.4, 0.5) is 21.0 Å². The number of alkyl carbamates (subject to hydrolysis) is 1. The van der Waals surface area contributed by atoms with Crippen LogP contribution in [0.5, 0.6) is 0 Å². The molecule has 0 bridgehead atoms. The molecule has 1 aromatic rings. The molecule has 0 saturated carbocycles. The average molecular weight is 359 g/mol. The quantitative estimate of drug-likeness (QED) is 0.424. The van der Waals surface area contributed by atoms with Gasteiger partial charge in [0.1, 0.15) is 5.60 Å². The number of urea groups is 1. The fourth-order valence-electron chi connectivity index (χ4n) is 1.54. The van der Waals surface area contributed by atoms with Crippen molar-refractivity contribution in [3.05, 3.63) is 33.3 Å². The van der Waals surface area contributed by atoms with E-state index in [9.17, 15) is 19.7 Å². The third kappa shape index (κ3) is 7.14. The van der Waals surface area contributed by atoms with Crippen molar-refractivity contribution in [2.75, 3.05) is 18.4 Å². The molecule has 1 aromatic carbocycles. The molecule has 0 saturated heterocycles. The van der Waals surface area contributed by atoms with E-state index in [4.69, 9.17) is 16.3 Å². The lowest BCUT2D eigenvalue weighted by atomic mass is 10.2. The highest BCUT2D eigenvalue weighted by Gasteiger charge is 2.15. The van der Waals surface area contributed by atoms with Crippen LogP contribution in [0, 0.1) is 10.1 Å². The number of benzene rings is 1. The highest BCUT2D eigenvalue weighted by Crippen LogP contribution is 2.26. The Morgan fingerprint density at radius 3 is 2.46 bits per heavy atom. The summed E-state index contributed by atoms with van der Waals surface area (Å²) in [6.45, 7) is 5.51. The van der Waals surface area contributed by atoms with E-state index < -0.39 is 22.6 Å².